The molecule has 2 aromatic carbocycles. The number of hydrogen-bond donors (Lipinski definition) is 2. The first-order valence-electron chi connectivity index (χ1n) is 7.60. The van der Waals surface area contributed by atoms with Crippen LogP contribution in [0.5, 0.6) is 0 Å². The molecule has 138 valence electrons. The average Bonchev–Trinajstić information content (AvgIpc) is 2.51. The Morgan fingerprint density at radius 3 is 2.23 bits per heavy atom. The summed E-state index contributed by atoms with van der Waals surface area (Å²) in [5.41, 5.74) is 1.41. The Balaban J connectivity index is 2.02. The van der Waals surface area contributed by atoms with Crippen LogP contribution in [0, 0.1) is 13.8 Å². The molecule has 0 aromatic heterocycles. The molecule has 2 rings (SSSR count). The van der Waals surface area contributed by atoms with E-state index in [0.717, 1.165) is 29.3 Å². The number of nitrogens with one attached hydrogen (secondary N) is 2. The number of halogens is 4. The fourth-order valence-electron chi connectivity index (χ4n) is 2.16. The topological polar surface area (TPSA) is 58.2 Å². The summed E-state index contributed by atoms with van der Waals surface area (Å²) in [6, 6.07) is 7.85. The van der Waals surface area contributed by atoms with Gasteiger partial charge in [-0.05, 0) is 55.3 Å². The molecule has 0 unspecified atom stereocenters. The summed E-state index contributed by atoms with van der Waals surface area (Å²) in [7, 11) is 0. The molecule has 0 spiro atoms. The fourth-order valence-corrected chi connectivity index (χ4v) is 2.33. The monoisotopic (exact) mass is 384 g/mol. The van der Waals surface area contributed by atoms with Gasteiger partial charge in [-0.1, -0.05) is 17.7 Å². The normalized spacial score (nSPS) is 11.2. The number of alkyl halides is 3. The molecule has 0 heterocycles. The van der Waals surface area contributed by atoms with Gasteiger partial charge < -0.3 is 10.6 Å². The number of anilines is 2. The molecular formula is C18H16ClF3N2O2. The summed E-state index contributed by atoms with van der Waals surface area (Å²) in [6.07, 6.45) is -5.12. The molecule has 0 bridgehead atoms. The highest BCUT2D eigenvalue weighted by Crippen LogP contribution is 2.33. The Kier molecular flexibility index (Phi) is 5.92. The molecule has 8 heteroatoms. The lowest BCUT2D eigenvalue weighted by molar-refractivity contribution is -0.137. The van der Waals surface area contributed by atoms with Crippen LogP contribution in [0.25, 0.3) is 0 Å². The minimum atomic E-state index is -4.56. The van der Waals surface area contributed by atoms with Gasteiger partial charge in [0.1, 0.15) is 6.42 Å². The van der Waals surface area contributed by atoms with Crippen LogP contribution in [-0.2, 0) is 15.8 Å². The van der Waals surface area contributed by atoms with Gasteiger partial charge >= 0.3 is 6.18 Å². The number of amides is 2. The van der Waals surface area contributed by atoms with Crippen LogP contribution in [0.3, 0.4) is 0 Å². The molecule has 2 amide bonds. The van der Waals surface area contributed by atoms with Crippen LogP contribution in [0.1, 0.15) is 23.1 Å². The van der Waals surface area contributed by atoms with Crippen molar-refractivity contribution < 1.29 is 22.8 Å². The van der Waals surface area contributed by atoms with Crippen molar-refractivity contribution in [2.24, 2.45) is 0 Å². The third-order valence-electron chi connectivity index (χ3n) is 3.68. The zero-order valence-corrected chi connectivity index (χ0v) is 14.8. The molecular weight excluding hydrogens is 369 g/mol. The Hall–Kier alpha value is -2.54. The maximum atomic E-state index is 12.7. The molecule has 0 aliphatic rings. The van der Waals surface area contributed by atoms with Crippen molar-refractivity contribution in [3.8, 4) is 0 Å². The summed E-state index contributed by atoms with van der Waals surface area (Å²) < 4.78 is 38.2. The lowest BCUT2D eigenvalue weighted by Crippen LogP contribution is -2.22. The summed E-state index contributed by atoms with van der Waals surface area (Å²) >= 11 is 5.81. The van der Waals surface area contributed by atoms with Gasteiger partial charge in [0, 0.05) is 5.69 Å². The van der Waals surface area contributed by atoms with Crippen molar-refractivity contribution in [2.75, 3.05) is 10.6 Å². The molecule has 0 atom stereocenters. The van der Waals surface area contributed by atoms with Gasteiger partial charge in [0.05, 0.1) is 16.3 Å². The van der Waals surface area contributed by atoms with Crippen LogP contribution in [-0.4, -0.2) is 11.8 Å². The molecule has 0 aliphatic carbocycles. The molecule has 0 saturated heterocycles. The SMILES string of the molecule is Cc1ccc(NC(=O)CC(=O)Nc2cc(C(F)(F)F)ccc2Cl)cc1C. The molecule has 26 heavy (non-hydrogen) atoms. The summed E-state index contributed by atoms with van der Waals surface area (Å²) in [5.74, 6) is -1.36. The Bertz CT molecular complexity index is 851. The largest absolute Gasteiger partial charge is 0.416 e. The van der Waals surface area contributed by atoms with Gasteiger partial charge in [-0.3, -0.25) is 9.59 Å². The van der Waals surface area contributed by atoms with E-state index in [4.69, 9.17) is 11.6 Å². The first kappa shape index (κ1) is 19.8. The predicted octanol–water partition coefficient (Wildman–Crippen LogP) is 4.94. The summed E-state index contributed by atoms with van der Waals surface area (Å²) in [5, 5.41) is 4.74. The number of hydrogen-bond acceptors (Lipinski definition) is 2. The van der Waals surface area contributed by atoms with Crippen molar-refractivity contribution in [3.63, 3.8) is 0 Å². The zero-order chi connectivity index (χ0) is 19.5. The maximum absolute atomic E-state index is 12.7. The average molecular weight is 385 g/mol. The number of carbonyl (C=O) groups is 2. The highest BCUT2D eigenvalue weighted by Gasteiger charge is 2.31. The van der Waals surface area contributed by atoms with Crippen molar-refractivity contribution in [1.29, 1.82) is 0 Å². The van der Waals surface area contributed by atoms with Gasteiger partial charge in [-0.25, -0.2) is 0 Å². The van der Waals surface area contributed by atoms with Gasteiger partial charge in [-0.15, -0.1) is 0 Å². The molecule has 0 saturated carbocycles. The summed E-state index contributed by atoms with van der Waals surface area (Å²) in [4.78, 5) is 23.9. The maximum Gasteiger partial charge on any atom is 0.416 e. The van der Waals surface area contributed by atoms with Crippen LogP contribution >= 0.6 is 11.6 Å². The second kappa shape index (κ2) is 7.78. The second-order valence-corrected chi connectivity index (χ2v) is 6.17. The smallest absolute Gasteiger partial charge is 0.326 e. The van der Waals surface area contributed by atoms with E-state index in [1.807, 2.05) is 19.9 Å². The van der Waals surface area contributed by atoms with Gasteiger partial charge in [0.15, 0.2) is 0 Å². The number of rotatable bonds is 4. The van der Waals surface area contributed by atoms with Crippen LogP contribution < -0.4 is 10.6 Å². The Morgan fingerprint density at radius 2 is 1.62 bits per heavy atom. The fraction of sp³-hybridized carbons (Fsp3) is 0.222. The predicted molar refractivity (Wildman–Crippen MR) is 94.2 cm³/mol. The number of carbonyl (C=O) groups excluding carboxylic acids is 2. The second-order valence-electron chi connectivity index (χ2n) is 5.76. The summed E-state index contributed by atoms with van der Waals surface area (Å²) in [6.45, 7) is 3.81. The van der Waals surface area contributed by atoms with E-state index in [1.165, 1.54) is 0 Å². The quantitative estimate of drug-likeness (QED) is 0.733. The van der Waals surface area contributed by atoms with E-state index in [1.54, 1.807) is 12.1 Å². The Labute approximate surface area is 153 Å². The zero-order valence-electron chi connectivity index (χ0n) is 14.0. The Morgan fingerprint density at radius 1 is 0.962 bits per heavy atom. The minimum Gasteiger partial charge on any atom is -0.326 e. The standard InChI is InChI=1S/C18H16ClF3N2O2/c1-10-3-5-13(7-11(10)2)23-16(25)9-17(26)24-15-8-12(18(20,21)22)4-6-14(15)19/h3-8H,9H2,1-2H3,(H,23,25)(H,24,26). The van der Waals surface area contributed by atoms with Crippen LogP contribution in [0.2, 0.25) is 5.02 Å². The van der Waals surface area contributed by atoms with E-state index in [2.05, 4.69) is 10.6 Å². The highest BCUT2D eigenvalue weighted by molar-refractivity contribution is 6.33. The van der Waals surface area contributed by atoms with E-state index in [0.29, 0.717) is 5.69 Å². The van der Waals surface area contributed by atoms with E-state index in [-0.39, 0.29) is 10.7 Å². The van der Waals surface area contributed by atoms with Gasteiger partial charge in [-0.2, -0.15) is 13.2 Å². The lowest BCUT2D eigenvalue weighted by atomic mass is 10.1. The van der Waals surface area contributed by atoms with Crippen molar-refractivity contribution >= 4 is 34.8 Å². The van der Waals surface area contributed by atoms with E-state index in [9.17, 15) is 22.8 Å². The molecule has 0 aliphatic heterocycles. The third kappa shape index (κ3) is 5.23. The molecule has 0 fully saturated rings. The molecule has 0 radical (unpaired) electrons. The molecule has 2 aromatic rings. The van der Waals surface area contributed by atoms with Gasteiger partial charge in [0.2, 0.25) is 11.8 Å². The third-order valence-corrected chi connectivity index (χ3v) is 4.01. The lowest BCUT2D eigenvalue weighted by Gasteiger charge is -2.12. The first-order valence-corrected chi connectivity index (χ1v) is 7.98. The van der Waals surface area contributed by atoms with Crippen LogP contribution in [0.4, 0.5) is 24.5 Å². The highest BCUT2D eigenvalue weighted by atomic mass is 35.5. The van der Waals surface area contributed by atoms with Crippen molar-refractivity contribution in [1.82, 2.24) is 0 Å². The number of benzene rings is 2. The van der Waals surface area contributed by atoms with Gasteiger partial charge in [0.25, 0.3) is 0 Å². The van der Waals surface area contributed by atoms with E-state index < -0.39 is 30.0 Å². The van der Waals surface area contributed by atoms with Crippen molar-refractivity contribution in [2.45, 2.75) is 26.4 Å². The minimum absolute atomic E-state index is 0.0547. The number of aryl methyl sites for hydroxylation is 2. The van der Waals surface area contributed by atoms with Crippen molar-refractivity contribution in [3.05, 3.63) is 58.1 Å². The molecule has 2 N–H and O–H groups in total. The van der Waals surface area contributed by atoms with E-state index >= 15 is 0 Å². The van der Waals surface area contributed by atoms with Crippen LogP contribution in [0.15, 0.2) is 36.4 Å². The molecule has 4 nitrogen and oxygen atoms in total. The first-order chi connectivity index (χ1) is 12.1.